The molecule has 2 fully saturated rings. The summed E-state index contributed by atoms with van der Waals surface area (Å²) in [5, 5.41) is 0.739. The first kappa shape index (κ1) is 29.7. The second kappa shape index (κ2) is 13.3. The van der Waals surface area contributed by atoms with Crippen LogP contribution in [0.15, 0.2) is 53.4 Å². The maximum atomic E-state index is 13.2. The number of thioether (sulfide) groups is 1. The first-order valence-corrected chi connectivity index (χ1v) is 13.7. The van der Waals surface area contributed by atoms with Gasteiger partial charge in [-0.15, -0.1) is 0 Å². The van der Waals surface area contributed by atoms with Crippen molar-refractivity contribution in [2.75, 3.05) is 50.7 Å². The lowest BCUT2D eigenvalue weighted by Gasteiger charge is -2.38. The minimum absolute atomic E-state index is 0. The van der Waals surface area contributed by atoms with Gasteiger partial charge in [0.1, 0.15) is 0 Å². The Balaban J connectivity index is 0.00000380. The predicted octanol–water partition coefficient (Wildman–Crippen LogP) is 6.83. The second-order valence-corrected chi connectivity index (χ2v) is 11.4. The first-order valence-electron chi connectivity index (χ1n) is 12.5. The molecule has 2 aromatic carbocycles. The van der Waals surface area contributed by atoms with Gasteiger partial charge in [-0.3, -0.25) is 9.69 Å². The van der Waals surface area contributed by atoms with Crippen LogP contribution in [-0.4, -0.2) is 67.0 Å². The van der Waals surface area contributed by atoms with E-state index in [0.29, 0.717) is 12.5 Å². The van der Waals surface area contributed by atoms with Crippen LogP contribution in [0.3, 0.4) is 0 Å². The zero-order valence-electron chi connectivity index (χ0n) is 20.5. The van der Waals surface area contributed by atoms with Gasteiger partial charge < -0.3 is 9.80 Å². The lowest BCUT2D eigenvalue weighted by Crippen LogP contribution is -2.50. The van der Waals surface area contributed by atoms with Crippen molar-refractivity contribution < 1.29 is 18.0 Å². The van der Waals surface area contributed by atoms with Gasteiger partial charge in [-0.2, -0.15) is 13.2 Å². The summed E-state index contributed by atoms with van der Waals surface area (Å²) in [6.07, 6.45) is 2.77. The highest BCUT2D eigenvalue weighted by Gasteiger charge is 2.30. The van der Waals surface area contributed by atoms with E-state index in [9.17, 15) is 18.0 Å². The summed E-state index contributed by atoms with van der Waals surface area (Å²) >= 11 is 5.91. The average molecular weight is 556 g/mol. The largest absolute Gasteiger partial charge is 0.446 e. The fourth-order valence-electron chi connectivity index (χ4n) is 5.21. The third-order valence-corrected chi connectivity index (χ3v) is 8.02. The highest BCUT2D eigenvalue weighted by molar-refractivity contribution is 8.00. The number of nitrogens with zero attached hydrogens (tertiary/aromatic N) is 3. The van der Waals surface area contributed by atoms with E-state index in [0.717, 1.165) is 69.1 Å². The van der Waals surface area contributed by atoms with Gasteiger partial charge in [0, 0.05) is 67.3 Å². The normalized spacial score (nSPS) is 19.9. The number of amides is 1. The van der Waals surface area contributed by atoms with Gasteiger partial charge in [-0.25, -0.2) is 0 Å². The van der Waals surface area contributed by atoms with E-state index in [1.165, 1.54) is 17.8 Å². The number of hydrogen-bond donors (Lipinski definition) is 0. The van der Waals surface area contributed by atoms with Crippen LogP contribution in [0.2, 0.25) is 5.02 Å². The molecule has 0 N–H and O–H groups in total. The van der Waals surface area contributed by atoms with Crippen LogP contribution in [-0.2, 0) is 11.2 Å². The van der Waals surface area contributed by atoms with Crippen molar-refractivity contribution in [1.82, 2.24) is 9.80 Å². The van der Waals surface area contributed by atoms with Crippen LogP contribution < -0.4 is 4.90 Å². The third-order valence-electron chi connectivity index (χ3n) is 7.03. The molecule has 1 unspecified atom stereocenters. The van der Waals surface area contributed by atoms with E-state index in [2.05, 4.69) is 9.80 Å². The van der Waals surface area contributed by atoms with Gasteiger partial charge >= 0.3 is 5.51 Å². The number of carbonyl (C=O) groups excluding carboxylic acids is 1. The van der Waals surface area contributed by atoms with Crippen LogP contribution in [0.4, 0.5) is 18.9 Å². The molecule has 2 aromatic rings. The summed E-state index contributed by atoms with van der Waals surface area (Å²) in [7, 11) is 0. The maximum Gasteiger partial charge on any atom is 0.446 e. The molecule has 0 spiro atoms. The molecular formula is C28H37ClF3N3OS. The number of anilines is 1. The van der Waals surface area contributed by atoms with E-state index in [-0.39, 0.29) is 35.9 Å². The lowest BCUT2D eigenvalue weighted by molar-refractivity contribution is -0.137. The van der Waals surface area contributed by atoms with Crippen molar-refractivity contribution >= 4 is 35.0 Å². The molecule has 2 aliphatic rings. The van der Waals surface area contributed by atoms with Crippen LogP contribution in [0.25, 0.3) is 0 Å². The molecule has 0 saturated carbocycles. The van der Waals surface area contributed by atoms with E-state index in [4.69, 9.17) is 11.6 Å². The Labute approximate surface area is 228 Å². The molecule has 2 atom stereocenters. The molecule has 2 heterocycles. The van der Waals surface area contributed by atoms with E-state index in [1.807, 2.05) is 36.1 Å². The summed E-state index contributed by atoms with van der Waals surface area (Å²) in [5.41, 5.74) is -2.07. The van der Waals surface area contributed by atoms with Crippen molar-refractivity contribution in [3.63, 3.8) is 0 Å². The van der Waals surface area contributed by atoms with Crippen LogP contribution >= 0.6 is 23.4 Å². The minimum atomic E-state index is -4.27. The van der Waals surface area contributed by atoms with Crippen LogP contribution in [0, 0.1) is 11.8 Å². The summed E-state index contributed by atoms with van der Waals surface area (Å²) in [4.78, 5) is 20.2. The Morgan fingerprint density at radius 2 is 1.68 bits per heavy atom. The standard InChI is InChI=1S/C27H33ClF3N3OS.CH4/c1-20(18-32-13-15-33(16-14-32)24-8-6-23(28)7-9-24)26(35)34-12-2-3-22(19-34)17-21-4-10-25(11-5-21)36-27(29,30)31;/h4-11,20,22H,2-3,12-19H2,1H3;1H4/t20?,22-;/m1./s1. The van der Waals surface area contributed by atoms with E-state index < -0.39 is 5.51 Å². The Hall–Kier alpha value is -1.90. The number of carbonyl (C=O) groups is 1. The van der Waals surface area contributed by atoms with Gasteiger partial charge in [-0.05, 0) is 78.9 Å². The maximum absolute atomic E-state index is 13.2. The SMILES string of the molecule is C.CC(CN1CCN(c2ccc(Cl)cc2)CC1)C(=O)N1CCC[C@H](Cc2ccc(SC(F)(F)F)cc2)C1. The van der Waals surface area contributed by atoms with Crippen molar-refractivity contribution in [2.24, 2.45) is 11.8 Å². The summed E-state index contributed by atoms with van der Waals surface area (Å²) < 4.78 is 37.7. The molecule has 9 heteroatoms. The number of piperidine rings is 1. The molecule has 204 valence electrons. The zero-order valence-corrected chi connectivity index (χ0v) is 22.1. The fraction of sp³-hybridized carbons (Fsp3) is 0.536. The van der Waals surface area contributed by atoms with Gasteiger partial charge in [0.15, 0.2) is 0 Å². The van der Waals surface area contributed by atoms with Crippen molar-refractivity contribution in [3.8, 4) is 0 Å². The minimum Gasteiger partial charge on any atom is -0.369 e. The summed E-state index contributed by atoms with van der Waals surface area (Å²) in [6.45, 7) is 7.97. The highest BCUT2D eigenvalue weighted by Crippen LogP contribution is 2.37. The molecule has 0 radical (unpaired) electrons. The first-order chi connectivity index (χ1) is 17.2. The third kappa shape index (κ3) is 8.82. The number of alkyl halides is 3. The summed E-state index contributed by atoms with van der Waals surface area (Å²) in [6, 6.07) is 14.6. The molecule has 4 rings (SSSR count). The van der Waals surface area contributed by atoms with Gasteiger partial charge in [-0.1, -0.05) is 38.1 Å². The zero-order chi connectivity index (χ0) is 25.7. The quantitative estimate of drug-likeness (QED) is 0.350. The van der Waals surface area contributed by atoms with Gasteiger partial charge in [0.05, 0.1) is 0 Å². The van der Waals surface area contributed by atoms with E-state index >= 15 is 0 Å². The Morgan fingerprint density at radius 1 is 1.03 bits per heavy atom. The Morgan fingerprint density at radius 3 is 2.30 bits per heavy atom. The molecule has 2 saturated heterocycles. The molecule has 2 aliphatic heterocycles. The number of piperazine rings is 1. The van der Waals surface area contributed by atoms with E-state index in [1.54, 1.807) is 12.1 Å². The van der Waals surface area contributed by atoms with Crippen LogP contribution in [0.1, 0.15) is 32.8 Å². The predicted molar refractivity (Wildman–Crippen MR) is 147 cm³/mol. The summed E-state index contributed by atoms with van der Waals surface area (Å²) in [5.74, 6) is 0.472. The lowest BCUT2D eigenvalue weighted by atomic mass is 9.90. The molecular weight excluding hydrogens is 519 g/mol. The van der Waals surface area contributed by atoms with Crippen molar-refractivity contribution in [2.45, 2.75) is 44.0 Å². The number of likely N-dealkylation sites (tertiary alicyclic amines) is 1. The van der Waals surface area contributed by atoms with Crippen molar-refractivity contribution in [3.05, 3.63) is 59.1 Å². The second-order valence-electron chi connectivity index (χ2n) is 9.85. The Bertz CT molecular complexity index is 995. The monoisotopic (exact) mass is 555 g/mol. The molecule has 0 aromatic heterocycles. The number of rotatable bonds is 7. The highest BCUT2D eigenvalue weighted by atomic mass is 35.5. The molecule has 0 aliphatic carbocycles. The number of hydrogen-bond acceptors (Lipinski definition) is 4. The number of halogens is 4. The smallest absolute Gasteiger partial charge is 0.369 e. The van der Waals surface area contributed by atoms with Crippen LogP contribution in [0.5, 0.6) is 0 Å². The fourth-order valence-corrected chi connectivity index (χ4v) is 5.88. The number of benzene rings is 2. The topological polar surface area (TPSA) is 26.8 Å². The van der Waals surface area contributed by atoms with Crippen molar-refractivity contribution in [1.29, 1.82) is 0 Å². The Kier molecular flexibility index (Phi) is 10.6. The average Bonchev–Trinajstić information content (AvgIpc) is 2.85. The van der Waals surface area contributed by atoms with Gasteiger partial charge in [0.25, 0.3) is 0 Å². The molecule has 1 amide bonds. The molecule has 4 nitrogen and oxygen atoms in total. The molecule has 37 heavy (non-hydrogen) atoms. The van der Waals surface area contributed by atoms with Gasteiger partial charge in [0.2, 0.25) is 5.91 Å². The molecule has 0 bridgehead atoms.